The molecule has 16 heavy (non-hydrogen) atoms. The molecule has 0 fully saturated rings. The molecule has 0 saturated heterocycles. The second-order valence-electron chi connectivity index (χ2n) is 4.29. The molecule has 88 valence electrons. The number of hydrogen-bond donors (Lipinski definition) is 1. The van der Waals surface area contributed by atoms with E-state index >= 15 is 0 Å². The highest BCUT2D eigenvalue weighted by Crippen LogP contribution is 2.25. The van der Waals surface area contributed by atoms with Crippen molar-refractivity contribution in [2.75, 3.05) is 6.54 Å². The van der Waals surface area contributed by atoms with E-state index in [-0.39, 0.29) is 0 Å². The first-order valence-corrected chi connectivity index (χ1v) is 6.24. The van der Waals surface area contributed by atoms with Gasteiger partial charge in [0.05, 0.1) is 0 Å². The van der Waals surface area contributed by atoms with E-state index in [9.17, 15) is 0 Å². The highest BCUT2D eigenvalue weighted by Gasteiger charge is 2.09. The quantitative estimate of drug-likeness (QED) is 0.735. The summed E-state index contributed by atoms with van der Waals surface area (Å²) in [6.07, 6.45) is 6.77. The van der Waals surface area contributed by atoms with Gasteiger partial charge >= 0.3 is 0 Å². The number of unbranched alkanes of at least 4 members (excludes halogenated alkanes) is 1. The molecule has 1 aromatic carbocycles. The van der Waals surface area contributed by atoms with E-state index < -0.39 is 0 Å². The third kappa shape index (κ3) is 3.82. The van der Waals surface area contributed by atoms with Crippen molar-refractivity contribution in [3.63, 3.8) is 0 Å². The van der Waals surface area contributed by atoms with E-state index in [0.29, 0.717) is 5.92 Å². The van der Waals surface area contributed by atoms with Crippen LogP contribution >= 0.6 is 0 Å². The molecule has 1 rings (SSSR count). The van der Waals surface area contributed by atoms with Crippen molar-refractivity contribution in [2.45, 2.75) is 38.5 Å². The standard InChI is InChI=1S/C15H23N/c1-3-5-6-14(11-12-16)15-9-7-13(4-2)8-10-15/h4,7-10,14H,2-3,5-6,11-12,16H2,1H3. The first-order chi connectivity index (χ1) is 7.81. The first-order valence-electron chi connectivity index (χ1n) is 6.24. The summed E-state index contributed by atoms with van der Waals surface area (Å²) < 4.78 is 0. The molecule has 0 spiro atoms. The summed E-state index contributed by atoms with van der Waals surface area (Å²) in [6, 6.07) is 8.70. The van der Waals surface area contributed by atoms with Gasteiger partial charge in [-0.3, -0.25) is 0 Å². The van der Waals surface area contributed by atoms with Crippen LogP contribution in [0.1, 0.15) is 49.7 Å². The summed E-state index contributed by atoms with van der Waals surface area (Å²) in [5.41, 5.74) is 8.29. The average molecular weight is 217 g/mol. The van der Waals surface area contributed by atoms with Crippen LogP contribution in [0.25, 0.3) is 6.08 Å². The molecular weight excluding hydrogens is 194 g/mol. The largest absolute Gasteiger partial charge is 0.330 e. The number of nitrogens with two attached hydrogens (primary N) is 1. The fraction of sp³-hybridized carbons (Fsp3) is 0.467. The number of benzene rings is 1. The molecule has 0 amide bonds. The Bertz CT molecular complexity index is 300. The van der Waals surface area contributed by atoms with Crippen molar-refractivity contribution < 1.29 is 0 Å². The van der Waals surface area contributed by atoms with Crippen LogP contribution in [-0.2, 0) is 0 Å². The lowest BCUT2D eigenvalue weighted by Crippen LogP contribution is -2.07. The van der Waals surface area contributed by atoms with Crippen LogP contribution in [0, 0.1) is 0 Å². The SMILES string of the molecule is C=Cc1ccc(C(CCN)CCCC)cc1. The van der Waals surface area contributed by atoms with E-state index in [0.717, 1.165) is 13.0 Å². The van der Waals surface area contributed by atoms with Crippen molar-refractivity contribution >= 4 is 6.08 Å². The second kappa shape index (κ2) is 7.24. The zero-order valence-electron chi connectivity index (χ0n) is 10.3. The maximum Gasteiger partial charge on any atom is -0.00714 e. The normalized spacial score (nSPS) is 12.4. The van der Waals surface area contributed by atoms with E-state index in [2.05, 4.69) is 37.8 Å². The molecule has 1 atom stereocenters. The lowest BCUT2D eigenvalue weighted by molar-refractivity contribution is 0.553. The Labute approximate surface area is 99.4 Å². The van der Waals surface area contributed by atoms with Crippen LogP contribution in [0.15, 0.2) is 30.8 Å². The van der Waals surface area contributed by atoms with Crippen molar-refractivity contribution in [1.29, 1.82) is 0 Å². The molecule has 0 aliphatic rings. The van der Waals surface area contributed by atoms with Crippen molar-refractivity contribution in [3.05, 3.63) is 42.0 Å². The molecule has 2 N–H and O–H groups in total. The van der Waals surface area contributed by atoms with Crippen molar-refractivity contribution in [2.24, 2.45) is 5.73 Å². The van der Waals surface area contributed by atoms with E-state index in [1.165, 1.54) is 30.4 Å². The van der Waals surface area contributed by atoms with E-state index in [4.69, 9.17) is 5.73 Å². The van der Waals surface area contributed by atoms with Crippen molar-refractivity contribution in [3.8, 4) is 0 Å². The Morgan fingerprint density at radius 1 is 1.25 bits per heavy atom. The summed E-state index contributed by atoms with van der Waals surface area (Å²) in [7, 11) is 0. The van der Waals surface area contributed by atoms with Crippen LogP contribution in [0.2, 0.25) is 0 Å². The summed E-state index contributed by atoms with van der Waals surface area (Å²) in [6.45, 7) is 6.78. The predicted molar refractivity (Wildman–Crippen MR) is 72.5 cm³/mol. The maximum atomic E-state index is 5.68. The van der Waals surface area contributed by atoms with Crippen LogP contribution in [0.4, 0.5) is 0 Å². The summed E-state index contributed by atoms with van der Waals surface area (Å²) >= 11 is 0. The van der Waals surface area contributed by atoms with Gasteiger partial charge in [0.25, 0.3) is 0 Å². The third-order valence-electron chi connectivity index (χ3n) is 3.06. The number of rotatable bonds is 7. The molecular formula is C15H23N. The van der Waals surface area contributed by atoms with Gasteiger partial charge < -0.3 is 5.73 Å². The Hall–Kier alpha value is -1.08. The Balaban J connectivity index is 2.70. The van der Waals surface area contributed by atoms with Gasteiger partial charge in [0.1, 0.15) is 0 Å². The first kappa shape index (κ1) is 13.0. The molecule has 0 aliphatic carbocycles. The Morgan fingerprint density at radius 2 is 1.94 bits per heavy atom. The third-order valence-corrected chi connectivity index (χ3v) is 3.06. The summed E-state index contributed by atoms with van der Waals surface area (Å²) in [5, 5.41) is 0. The Morgan fingerprint density at radius 3 is 2.44 bits per heavy atom. The maximum absolute atomic E-state index is 5.68. The van der Waals surface area contributed by atoms with E-state index in [1.54, 1.807) is 0 Å². The van der Waals surface area contributed by atoms with Gasteiger partial charge in [-0.1, -0.05) is 56.7 Å². The van der Waals surface area contributed by atoms with Gasteiger partial charge in [-0.2, -0.15) is 0 Å². The molecule has 0 heterocycles. The molecule has 1 nitrogen and oxygen atoms in total. The topological polar surface area (TPSA) is 26.0 Å². The fourth-order valence-electron chi connectivity index (χ4n) is 2.03. The number of hydrogen-bond acceptors (Lipinski definition) is 1. The predicted octanol–water partition coefficient (Wildman–Crippen LogP) is 3.95. The average Bonchev–Trinajstić information content (AvgIpc) is 2.35. The van der Waals surface area contributed by atoms with Gasteiger partial charge in [0.2, 0.25) is 0 Å². The van der Waals surface area contributed by atoms with Gasteiger partial charge in [-0.05, 0) is 36.4 Å². The highest BCUT2D eigenvalue weighted by molar-refractivity contribution is 5.47. The highest BCUT2D eigenvalue weighted by atomic mass is 14.5. The zero-order valence-corrected chi connectivity index (χ0v) is 10.3. The van der Waals surface area contributed by atoms with Gasteiger partial charge in [-0.25, -0.2) is 0 Å². The minimum Gasteiger partial charge on any atom is -0.330 e. The Kier molecular flexibility index (Phi) is 5.87. The summed E-state index contributed by atoms with van der Waals surface area (Å²) in [4.78, 5) is 0. The smallest absolute Gasteiger partial charge is 0.00714 e. The lowest BCUT2D eigenvalue weighted by Gasteiger charge is -2.16. The fourth-order valence-corrected chi connectivity index (χ4v) is 2.03. The lowest BCUT2D eigenvalue weighted by atomic mass is 9.90. The van der Waals surface area contributed by atoms with Crippen LogP contribution in [-0.4, -0.2) is 6.54 Å². The minimum atomic E-state index is 0.629. The molecule has 1 heteroatoms. The molecule has 1 aromatic rings. The molecule has 0 aliphatic heterocycles. The van der Waals surface area contributed by atoms with Crippen molar-refractivity contribution in [1.82, 2.24) is 0 Å². The van der Waals surface area contributed by atoms with Gasteiger partial charge in [0.15, 0.2) is 0 Å². The summed E-state index contributed by atoms with van der Waals surface area (Å²) in [5.74, 6) is 0.629. The monoisotopic (exact) mass is 217 g/mol. The van der Waals surface area contributed by atoms with Gasteiger partial charge in [-0.15, -0.1) is 0 Å². The molecule has 0 bridgehead atoms. The molecule has 0 aromatic heterocycles. The van der Waals surface area contributed by atoms with E-state index in [1.807, 2.05) is 6.08 Å². The second-order valence-corrected chi connectivity index (χ2v) is 4.29. The van der Waals surface area contributed by atoms with Crippen LogP contribution in [0.3, 0.4) is 0 Å². The van der Waals surface area contributed by atoms with Crippen LogP contribution in [0.5, 0.6) is 0 Å². The molecule has 1 unspecified atom stereocenters. The minimum absolute atomic E-state index is 0.629. The molecule has 0 saturated carbocycles. The van der Waals surface area contributed by atoms with Gasteiger partial charge in [0, 0.05) is 0 Å². The van der Waals surface area contributed by atoms with Crippen LogP contribution < -0.4 is 5.73 Å². The molecule has 0 radical (unpaired) electrons. The zero-order chi connectivity index (χ0) is 11.8.